The summed E-state index contributed by atoms with van der Waals surface area (Å²) >= 11 is 0. The van der Waals surface area contributed by atoms with Crippen molar-refractivity contribution in [3.05, 3.63) is 42.7 Å². The highest BCUT2D eigenvalue weighted by Gasteiger charge is 2.31. The summed E-state index contributed by atoms with van der Waals surface area (Å²) in [6.45, 7) is 8.65. The normalized spacial score (nSPS) is 21.4. The maximum Gasteiger partial charge on any atom is 0.224 e. The minimum Gasteiger partial charge on any atom is -0.390 e. The third kappa shape index (κ3) is 4.98. The van der Waals surface area contributed by atoms with Crippen LogP contribution in [0.5, 0.6) is 0 Å². The number of benzene rings is 1. The molecular weight excluding hydrogens is 440 g/mol. The molecule has 1 aliphatic heterocycles. The SMILES string of the molecule is CC(=O)N1CCN(c2cccc3c2ccn3-c2ccnc(N[C@H]3CC[C@H](C(C)(C)O)CC3)n2)CC1. The molecule has 0 unspecified atom stereocenters. The molecule has 0 atom stereocenters. The lowest BCUT2D eigenvalue weighted by molar-refractivity contribution is -0.129. The number of fused-ring (bicyclic) bond motifs is 1. The molecule has 1 aromatic carbocycles. The first-order valence-corrected chi connectivity index (χ1v) is 12.7. The Kier molecular flexibility index (Phi) is 6.40. The highest BCUT2D eigenvalue weighted by molar-refractivity contribution is 5.94. The molecule has 2 aromatic heterocycles. The maximum absolute atomic E-state index is 11.7. The van der Waals surface area contributed by atoms with E-state index in [1.165, 1.54) is 11.1 Å². The summed E-state index contributed by atoms with van der Waals surface area (Å²) < 4.78 is 2.11. The summed E-state index contributed by atoms with van der Waals surface area (Å²) in [5, 5.41) is 15.0. The number of piperazine rings is 1. The Hall–Kier alpha value is -3.13. The first-order valence-electron chi connectivity index (χ1n) is 12.7. The molecule has 3 heterocycles. The van der Waals surface area contributed by atoms with Gasteiger partial charge in [0.25, 0.3) is 0 Å². The monoisotopic (exact) mass is 476 g/mol. The van der Waals surface area contributed by atoms with Crippen LogP contribution in [0.2, 0.25) is 0 Å². The van der Waals surface area contributed by atoms with Crippen LogP contribution in [0.3, 0.4) is 0 Å². The van der Waals surface area contributed by atoms with Gasteiger partial charge in [0.1, 0.15) is 5.82 Å². The van der Waals surface area contributed by atoms with Crippen LogP contribution in [0.15, 0.2) is 42.7 Å². The molecule has 35 heavy (non-hydrogen) atoms. The van der Waals surface area contributed by atoms with Crippen LogP contribution in [0.4, 0.5) is 11.6 Å². The van der Waals surface area contributed by atoms with Crippen LogP contribution in [-0.4, -0.2) is 68.3 Å². The zero-order chi connectivity index (χ0) is 24.6. The number of amides is 1. The van der Waals surface area contributed by atoms with Crippen LogP contribution in [0.1, 0.15) is 46.5 Å². The van der Waals surface area contributed by atoms with Gasteiger partial charge >= 0.3 is 0 Å². The second-order valence-corrected chi connectivity index (χ2v) is 10.5. The molecule has 2 aliphatic rings. The van der Waals surface area contributed by atoms with Crippen LogP contribution < -0.4 is 10.2 Å². The minimum atomic E-state index is -0.614. The Balaban J connectivity index is 1.32. The standard InChI is InChI=1S/C27H36N6O2/c1-19(34)31-15-17-32(18-16-31)23-5-4-6-24-22(23)12-14-33(24)25-11-13-28-26(30-25)29-21-9-7-20(8-10-21)27(2,3)35/h4-6,11-14,20-21,35H,7-10,15-18H2,1-3H3,(H,28,29,30)/t20-,21-. The van der Waals surface area contributed by atoms with E-state index in [1.54, 1.807) is 6.92 Å². The zero-order valence-electron chi connectivity index (χ0n) is 20.9. The van der Waals surface area contributed by atoms with Crippen molar-refractivity contribution in [2.45, 2.75) is 58.1 Å². The molecule has 2 fully saturated rings. The van der Waals surface area contributed by atoms with Gasteiger partial charge < -0.3 is 24.8 Å². The molecule has 1 saturated carbocycles. The summed E-state index contributed by atoms with van der Waals surface area (Å²) in [5.41, 5.74) is 1.68. The van der Waals surface area contributed by atoms with E-state index in [0.29, 0.717) is 17.9 Å². The minimum absolute atomic E-state index is 0.146. The van der Waals surface area contributed by atoms with Crippen molar-refractivity contribution >= 4 is 28.4 Å². The van der Waals surface area contributed by atoms with E-state index in [1.807, 2.05) is 31.0 Å². The van der Waals surface area contributed by atoms with Gasteiger partial charge in [-0.25, -0.2) is 4.98 Å². The van der Waals surface area contributed by atoms with Gasteiger partial charge in [0.15, 0.2) is 0 Å². The lowest BCUT2D eigenvalue weighted by Crippen LogP contribution is -2.48. The third-order valence-electron chi connectivity index (χ3n) is 7.72. The van der Waals surface area contributed by atoms with Gasteiger partial charge in [-0.2, -0.15) is 4.98 Å². The van der Waals surface area contributed by atoms with Crippen LogP contribution in [0, 0.1) is 5.92 Å². The van der Waals surface area contributed by atoms with Crippen molar-refractivity contribution in [1.82, 2.24) is 19.4 Å². The molecule has 5 rings (SSSR count). The van der Waals surface area contributed by atoms with Crippen LogP contribution >= 0.6 is 0 Å². The first-order chi connectivity index (χ1) is 16.8. The molecule has 2 N–H and O–H groups in total. The number of hydrogen-bond donors (Lipinski definition) is 2. The van der Waals surface area contributed by atoms with Crippen molar-refractivity contribution in [2.75, 3.05) is 36.4 Å². The number of aliphatic hydroxyl groups is 1. The summed E-state index contributed by atoms with van der Waals surface area (Å²) in [5.74, 6) is 1.97. The van der Waals surface area contributed by atoms with Gasteiger partial charge in [0.2, 0.25) is 11.9 Å². The molecule has 0 radical (unpaired) electrons. The average Bonchev–Trinajstić information content (AvgIpc) is 3.28. The molecule has 1 saturated heterocycles. The fourth-order valence-corrected chi connectivity index (χ4v) is 5.57. The fourth-order valence-electron chi connectivity index (χ4n) is 5.57. The summed E-state index contributed by atoms with van der Waals surface area (Å²) in [7, 11) is 0. The number of rotatable bonds is 5. The van der Waals surface area contributed by atoms with Crippen LogP contribution in [0.25, 0.3) is 16.7 Å². The lowest BCUT2D eigenvalue weighted by atomic mass is 9.77. The lowest BCUT2D eigenvalue weighted by Gasteiger charge is -2.36. The predicted molar refractivity (Wildman–Crippen MR) is 139 cm³/mol. The summed E-state index contributed by atoms with van der Waals surface area (Å²) in [6, 6.07) is 10.8. The molecule has 1 aliphatic carbocycles. The Morgan fingerprint density at radius 1 is 1.06 bits per heavy atom. The molecule has 0 spiro atoms. The smallest absolute Gasteiger partial charge is 0.224 e. The van der Waals surface area contributed by atoms with E-state index in [9.17, 15) is 9.90 Å². The van der Waals surface area contributed by atoms with Gasteiger partial charge in [-0.3, -0.25) is 4.79 Å². The topological polar surface area (TPSA) is 86.5 Å². The molecule has 1 amide bonds. The van der Waals surface area contributed by atoms with Gasteiger partial charge in [-0.05, 0) is 69.7 Å². The summed E-state index contributed by atoms with van der Waals surface area (Å²) in [4.78, 5) is 25.3. The highest BCUT2D eigenvalue weighted by atomic mass is 16.3. The average molecular weight is 477 g/mol. The Morgan fingerprint density at radius 3 is 2.49 bits per heavy atom. The van der Waals surface area contributed by atoms with E-state index in [4.69, 9.17) is 4.98 Å². The number of nitrogens with zero attached hydrogens (tertiary/aromatic N) is 5. The largest absolute Gasteiger partial charge is 0.390 e. The number of anilines is 2. The van der Waals surface area contributed by atoms with Crippen molar-refractivity contribution in [1.29, 1.82) is 0 Å². The highest BCUT2D eigenvalue weighted by Crippen LogP contribution is 2.34. The number of carbonyl (C=O) groups is 1. The maximum atomic E-state index is 11.7. The molecule has 186 valence electrons. The van der Waals surface area contributed by atoms with Crippen molar-refractivity contribution in [3.8, 4) is 5.82 Å². The van der Waals surface area contributed by atoms with Crippen molar-refractivity contribution in [3.63, 3.8) is 0 Å². The van der Waals surface area contributed by atoms with Gasteiger partial charge in [0.05, 0.1) is 11.1 Å². The molecule has 8 heteroatoms. The fraction of sp³-hybridized carbons (Fsp3) is 0.519. The van der Waals surface area contributed by atoms with Crippen LogP contribution in [-0.2, 0) is 4.79 Å². The van der Waals surface area contributed by atoms with Gasteiger partial charge in [0, 0.05) is 62.6 Å². The van der Waals surface area contributed by atoms with Gasteiger partial charge in [-0.1, -0.05) is 6.07 Å². The number of carbonyl (C=O) groups excluding carboxylic acids is 1. The zero-order valence-corrected chi connectivity index (χ0v) is 20.9. The number of hydrogen-bond acceptors (Lipinski definition) is 6. The van der Waals surface area contributed by atoms with E-state index >= 15 is 0 Å². The molecular formula is C27H36N6O2. The van der Waals surface area contributed by atoms with Crippen molar-refractivity contribution in [2.24, 2.45) is 5.92 Å². The Bertz CT molecular complexity index is 1180. The van der Waals surface area contributed by atoms with E-state index in [0.717, 1.165) is 63.2 Å². The number of nitrogens with one attached hydrogen (secondary N) is 1. The quantitative estimate of drug-likeness (QED) is 0.582. The second-order valence-electron chi connectivity index (χ2n) is 10.5. The summed E-state index contributed by atoms with van der Waals surface area (Å²) in [6.07, 6.45) is 7.91. The van der Waals surface area contributed by atoms with E-state index in [-0.39, 0.29) is 5.91 Å². The second kappa shape index (κ2) is 9.49. The van der Waals surface area contributed by atoms with Gasteiger partial charge in [-0.15, -0.1) is 0 Å². The Morgan fingerprint density at radius 2 is 1.80 bits per heavy atom. The number of aromatic nitrogens is 3. The van der Waals surface area contributed by atoms with E-state index in [2.05, 4.69) is 50.2 Å². The first kappa shape index (κ1) is 23.6. The van der Waals surface area contributed by atoms with Crippen molar-refractivity contribution < 1.29 is 9.90 Å². The molecule has 0 bridgehead atoms. The Labute approximate surface area is 207 Å². The molecule has 3 aromatic rings. The third-order valence-corrected chi connectivity index (χ3v) is 7.72. The predicted octanol–water partition coefficient (Wildman–Crippen LogP) is 3.83. The molecule has 8 nitrogen and oxygen atoms in total. The van der Waals surface area contributed by atoms with E-state index < -0.39 is 5.60 Å².